The van der Waals surface area contributed by atoms with E-state index in [4.69, 9.17) is 11.6 Å². The SMILES string of the molecule is CCN(CC)c1ccc(/C=N\Nc2cc(C(F)(F)F)ccc2Cl)cc1. The summed E-state index contributed by atoms with van der Waals surface area (Å²) >= 11 is 5.91. The van der Waals surface area contributed by atoms with Gasteiger partial charge in [0.25, 0.3) is 0 Å². The van der Waals surface area contributed by atoms with Crippen molar-refractivity contribution in [3.05, 3.63) is 58.6 Å². The highest BCUT2D eigenvalue weighted by molar-refractivity contribution is 6.33. The zero-order valence-electron chi connectivity index (χ0n) is 13.9. The molecule has 0 aliphatic carbocycles. The average molecular weight is 370 g/mol. The molecule has 7 heteroatoms. The first-order valence-electron chi connectivity index (χ1n) is 7.86. The quantitative estimate of drug-likeness (QED) is 0.526. The standard InChI is InChI=1S/C18H19ClF3N3/c1-3-25(4-2)15-8-5-13(6-9-15)12-23-24-17-11-14(18(20,21)22)7-10-16(17)19/h5-12,24H,3-4H2,1-2H3/b23-12-. The summed E-state index contributed by atoms with van der Waals surface area (Å²) in [5.41, 5.74) is 3.82. The predicted molar refractivity (Wildman–Crippen MR) is 97.7 cm³/mol. The van der Waals surface area contributed by atoms with Crippen molar-refractivity contribution in [1.29, 1.82) is 0 Å². The molecule has 1 N–H and O–H groups in total. The van der Waals surface area contributed by atoms with E-state index in [0.29, 0.717) is 0 Å². The van der Waals surface area contributed by atoms with Gasteiger partial charge in [-0.05, 0) is 49.7 Å². The molecule has 0 fully saturated rings. The maximum Gasteiger partial charge on any atom is 0.416 e. The van der Waals surface area contributed by atoms with Crippen molar-refractivity contribution in [2.45, 2.75) is 20.0 Å². The summed E-state index contributed by atoms with van der Waals surface area (Å²) in [5, 5.41) is 4.14. The molecule has 0 aliphatic heterocycles. The van der Waals surface area contributed by atoms with Crippen LogP contribution >= 0.6 is 11.6 Å². The Morgan fingerprint density at radius 1 is 1.08 bits per heavy atom. The van der Waals surface area contributed by atoms with Crippen LogP contribution in [0.25, 0.3) is 0 Å². The first-order chi connectivity index (χ1) is 11.8. The van der Waals surface area contributed by atoms with Crippen molar-refractivity contribution in [3.63, 3.8) is 0 Å². The van der Waals surface area contributed by atoms with Gasteiger partial charge in [0.2, 0.25) is 0 Å². The molecular weight excluding hydrogens is 351 g/mol. The van der Waals surface area contributed by atoms with Crippen LogP contribution in [0.3, 0.4) is 0 Å². The van der Waals surface area contributed by atoms with Crippen LogP contribution in [0.2, 0.25) is 5.02 Å². The normalized spacial score (nSPS) is 11.8. The Morgan fingerprint density at radius 3 is 2.28 bits per heavy atom. The number of hydrogen-bond donors (Lipinski definition) is 1. The molecule has 25 heavy (non-hydrogen) atoms. The van der Waals surface area contributed by atoms with E-state index in [1.807, 2.05) is 24.3 Å². The van der Waals surface area contributed by atoms with Gasteiger partial charge >= 0.3 is 6.18 Å². The fourth-order valence-electron chi connectivity index (χ4n) is 2.32. The molecule has 3 nitrogen and oxygen atoms in total. The van der Waals surface area contributed by atoms with E-state index in [1.54, 1.807) is 0 Å². The van der Waals surface area contributed by atoms with Gasteiger partial charge in [0.1, 0.15) is 0 Å². The molecule has 0 bridgehead atoms. The Kier molecular flexibility index (Phi) is 6.31. The highest BCUT2D eigenvalue weighted by atomic mass is 35.5. The van der Waals surface area contributed by atoms with Crippen LogP contribution in [0.4, 0.5) is 24.5 Å². The van der Waals surface area contributed by atoms with Gasteiger partial charge in [0.15, 0.2) is 0 Å². The zero-order chi connectivity index (χ0) is 18.4. The zero-order valence-corrected chi connectivity index (χ0v) is 14.7. The Bertz CT molecular complexity index is 723. The van der Waals surface area contributed by atoms with Gasteiger partial charge in [0.05, 0.1) is 22.5 Å². The van der Waals surface area contributed by atoms with E-state index in [2.05, 4.69) is 29.3 Å². The van der Waals surface area contributed by atoms with Crippen LogP contribution in [-0.2, 0) is 6.18 Å². The molecule has 134 valence electrons. The van der Waals surface area contributed by atoms with E-state index < -0.39 is 11.7 Å². The lowest BCUT2D eigenvalue weighted by Gasteiger charge is -2.20. The fraction of sp³-hybridized carbons (Fsp3) is 0.278. The minimum Gasteiger partial charge on any atom is -0.372 e. The second-order valence-electron chi connectivity index (χ2n) is 5.33. The van der Waals surface area contributed by atoms with Gasteiger partial charge in [-0.1, -0.05) is 23.7 Å². The van der Waals surface area contributed by atoms with Gasteiger partial charge in [0, 0.05) is 18.8 Å². The smallest absolute Gasteiger partial charge is 0.372 e. The molecule has 0 heterocycles. The molecule has 0 amide bonds. The van der Waals surface area contributed by atoms with Gasteiger partial charge < -0.3 is 4.90 Å². The van der Waals surface area contributed by atoms with E-state index in [0.717, 1.165) is 36.5 Å². The van der Waals surface area contributed by atoms with Crippen molar-refractivity contribution >= 4 is 29.2 Å². The highest BCUT2D eigenvalue weighted by Gasteiger charge is 2.30. The van der Waals surface area contributed by atoms with Crippen LogP contribution in [0.15, 0.2) is 47.6 Å². The molecule has 0 spiro atoms. The second-order valence-corrected chi connectivity index (χ2v) is 5.73. The summed E-state index contributed by atoms with van der Waals surface area (Å²) in [4.78, 5) is 2.21. The topological polar surface area (TPSA) is 27.6 Å². The van der Waals surface area contributed by atoms with E-state index in [1.165, 1.54) is 12.3 Å². The maximum atomic E-state index is 12.7. The lowest BCUT2D eigenvalue weighted by molar-refractivity contribution is -0.137. The number of hydrogen-bond acceptors (Lipinski definition) is 3. The molecule has 0 saturated carbocycles. The number of anilines is 2. The lowest BCUT2D eigenvalue weighted by Crippen LogP contribution is -2.21. The molecule has 0 aromatic heterocycles. The monoisotopic (exact) mass is 369 g/mol. The molecule has 2 rings (SSSR count). The molecule has 0 aliphatic rings. The molecule has 0 atom stereocenters. The number of alkyl halides is 3. The predicted octanol–water partition coefficient (Wildman–Crippen LogP) is 5.65. The third-order valence-corrected chi connectivity index (χ3v) is 4.04. The Morgan fingerprint density at radius 2 is 1.72 bits per heavy atom. The molecule has 2 aromatic carbocycles. The number of rotatable bonds is 6. The van der Waals surface area contributed by atoms with Gasteiger partial charge in [-0.2, -0.15) is 18.3 Å². The first-order valence-corrected chi connectivity index (χ1v) is 8.23. The van der Waals surface area contributed by atoms with Crippen molar-refractivity contribution in [2.75, 3.05) is 23.4 Å². The van der Waals surface area contributed by atoms with Crippen LogP contribution in [0.1, 0.15) is 25.0 Å². The molecular formula is C18H19ClF3N3. The summed E-state index contributed by atoms with van der Waals surface area (Å²) < 4.78 is 38.2. The third-order valence-electron chi connectivity index (χ3n) is 3.71. The van der Waals surface area contributed by atoms with Crippen LogP contribution < -0.4 is 10.3 Å². The maximum absolute atomic E-state index is 12.7. The van der Waals surface area contributed by atoms with Crippen molar-refractivity contribution in [2.24, 2.45) is 5.10 Å². The summed E-state index contributed by atoms with van der Waals surface area (Å²) in [7, 11) is 0. The average Bonchev–Trinajstić information content (AvgIpc) is 2.58. The minimum absolute atomic E-state index is 0.104. The largest absolute Gasteiger partial charge is 0.416 e. The number of hydrazone groups is 1. The van der Waals surface area contributed by atoms with Gasteiger partial charge in [-0.3, -0.25) is 5.43 Å². The highest BCUT2D eigenvalue weighted by Crippen LogP contribution is 2.33. The number of halogens is 4. The molecule has 0 radical (unpaired) electrons. The third kappa shape index (κ3) is 5.13. The Balaban J connectivity index is 2.08. The number of nitrogens with zero attached hydrogens (tertiary/aromatic N) is 2. The fourth-order valence-corrected chi connectivity index (χ4v) is 2.48. The number of nitrogens with one attached hydrogen (secondary N) is 1. The van der Waals surface area contributed by atoms with Crippen molar-refractivity contribution < 1.29 is 13.2 Å². The van der Waals surface area contributed by atoms with Crippen LogP contribution in [0.5, 0.6) is 0 Å². The van der Waals surface area contributed by atoms with Crippen LogP contribution in [0, 0.1) is 0 Å². The van der Waals surface area contributed by atoms with E-state index in [-0.39, 0.29) is 10.7 Å². The van der Waals surface area contributed by atoms with Crippen LogP contribution in [-0.4, -0.2) is 19.3 Å². The summed E-state index contributed by atoms with van der Waals surface area (Å²) in [6, 6.07) is 10.8. The Labute approximate surface area is 150 Å². The van der Waals surface area contributed by atoms with Crippen molar-refractivity contribution in [3.8, 4) is 0 Å². The summed E-state index contributed by atoms with van der Waals surface area (Å²) in [6.45, 7) is 6.00. The minimum atomic E-state index is -4.43. The summed E-state index contributed by atoms with van der Waals surface area (Å²) in [5.74, 6) is 0. The van der Waals surface area contributed by atoms with Gasteiger partial charge in [-0.25, -0.2) is 0 Å². The van der Waals surface area contributed by atoms with E-state index >= 15 is 0 Å². The van der Waals surface area contributed by atoms with Gasteiger partial charge in [-0.15, -0.1) is 0 Å². The molecule has 2 aromatic rings. The van der Waals surface area contributed by atoms with Crippen molar-refractivity contribution in [1.82, 2.24) is 0 Å². The summed E-state index contributed by atoms with van der Waals surface area (Å²) in [6.07, 6.45) is -2.90. The molecule has 0 unspecified atom stereocenters. The Hall–Kier alpha value is -2.21. The number of benzene rings is 2. The first kappa shape index (κ1) is 19.1. The second kappa shape index (κ2) is 8.25. The molecule has 0 saturated heterocycles. The lowest BCUT2D eigenvalue weighted by atomic mass is 10.2. The van der Waals surface area contributed by atoms with E-state index in [9.17, 15) is 13.2 Å².